The fraction of sp³-hybridized carbons (Fsp3) is 0. The summed E-state index contributed by atoms with van der Waals surface area (Å²) in [5.74, 6) is -7.65. The van der Waals surface area contributed by atoms with Gasteiger partial charge in [0.1, 0.15) is 10.5 Å². The number of aromatic carboxylic acids is 4. The van der Waals surface area contributed by atoms with Crippen LogP contribution >= 0.6 is 0 Å². The van der Waals surface area contributed by atoms with Gasteiger partial charge in [0.2, 0.25) is 0 Å². The van der Waals surface area contributed by atoms with Crippen LogP contribution in [0.15, 0.2) is 41.3 Å². The molecule has 2 rings (SSSR count). The van der Waals surface area contributed by atoms with Crippen molar-refractivity contribution in [1.29, 1.82) is 0 Å². The quantitative estimate of drug-likeness (QED) is 0.480. The first-order valence-electron chi connectivity index (χ1n) is 7.10. The molecule has 0 spiro atoms. The average Bonchev–Trinajstić information content (AvgIpc) is 2.60. The Balaban J connectivity index is 2.73. The highest BCUT2D eigenvalue weighted by Crippen LogP contribution is 2.28. The van der Waals surface area contributed by atoms with Gasteiger partial charge in [0.15, 0.2) is 5.75 Å². The lowest BCUT2D eigenvalue weighted by Gasteiger charge is -2.13. The van der Waals surface area contributed by atoms with Crippen LogP contribution in [0.2, 0.25) is 0 Å². The summed E-state index contributed by atoms with van der Waals surface area (Å²) in [5, 5.41) is 36.5. The molecule has 0 aromatic heterocycles. The highest BCUT2D eigenvalue weighted by Gasteiger charge is 2.32. The van der Waals surface area contributed by atoms with Crippen molar-refractivity contribution in [2.75, 3.05) is 0 Å². The summed E-state index contributed by atoms with van der Waals surface area (Å²) in [6.45, 7) is 0. The van der Waals surface area contributed by atoms with E-state index in [-0.39, 0.29) is 0 Å². The third-order valence-electron chi connectivity index (χ3n) is 3.38. The van der Waals surface area contributed by atoms with Crippen LogP contribution < -0.4 is 4.18 Å². The Hall–Kier alpha value is -3.93. The van der Waals surface area contributed by atoms with Gasteiger partial charge in [-0.2, -0.15) is 8.42 Å². The fourth-order valence-corrected chi connectivity index (χ4v) is 3.51. The predicted octanol–water partition coefficient (Wildman–Crippen LogP) is 1.25. The predicted molar refractivity (Wildman–Crippen MR) is 88.5 cm³/mol. The van der Waals surface area contributed by atoms with Gasteiger partial charge in [0, 0.05) is 0 Å². The van der Waals surface area contributed by atoms with Gasteiger partial charge in [-0.1, -0.05) is 6.07 Å². The maximum Gasteiger partial charge on any atom is 0.340 e. The number of benzene rings is 2. The lowest BCUT2D eigenvalue weighted by Crippen LogP contribution is -2.20. The highest BCUT2D eigenvalue weighted by atomic mass is 32.2. The van der Waals surface area contributed by atoms with E-state index in [1.807, 2.05) is 0 Å². The molecule has 0 fully saturated rings. The minimum atomic E-state index is -5.18. The molecular weight excluding hydrogens is 400 g/mol. The summed E-state index contributed by atoms with van der Waals surface area (Å²) in [6.07, 6.45) is 0. The summed E-state index contributed by atoms with van der Waals surface area (Å²) in [6, 6.07) is 4.90. The molecule has 12 heteroatoms. The van der Waals surface area contributed by atoms with Crippen LogP contribution in [0.3, 0.4) is 0 Å². The lowest BCUT2D eigenvalue weighted by atomic mass is 10.1. The molecule has 0 aliphatic carbocycles. The SMILES string of the molecule is O=C(O)c1ccc(C(=O)O)c(OS(=O)(=O)c2c(C(=O)O)cccc2C(=O)O)c1. The first-order chi connectivity index (χ1) is 13.0. The van der Waals surface area contributed by atoms with Gasteiger partial charge >= 0.3 is 34.0 Å². The van der Waals surface area contributed by atoms with E-state index >= 15 is 0 Å². The summed E-state index contributed by atoms with van der Waals surface area (Å²) < 4.78 is 29.9. The molecule has 0 unspecified atom stereocenters. The van der Waals surface area contributed by atoms with E-state index in [0.29, 0.717) is 6.07 Å². The minimum Gasteiger partial charge on any atom is -0.478 e. The molecule has 0 radical (unpaired) electrons. The van der Waals surface area contributed by atoms with Crippen molar-refractivity contribution in [3.63, 3.8) is 0 Å². The third kappa shape index (κ3) is 3.91. The standard InChI is InChI=1S/C16H10O11S/c17-13(18)7-4-5-8(14(19)20)11(6-7)27-28(25,26)12-9(15(21)22)2-1-3-10(12)16(23)24/h1-6H,(H,17,18)(H,19,20)(H,21,22)(H,23,24). The van der Waals surface area contributed by atoms with E-state index in [9.17, 15) is 37.8 Å². The first-order valence-corrected chi connectivity index (χ1v) is 8.51. The summed E-state index contributed by atoms with van der Waals surface area (Å²) in [5.41, 5.74) is -3.10. The molecule has 0 saturated carbocycles. The molecule has 0 bridgehead atoms. The molecule has 146 valence electrons. The molecule has 11 nitrogen and oxygen atoms in total. The van der Waals surface area contributed by atoms with E-state index in [4.69, 9.17) is 10.2 Å². The Kier molecular flexibility index (Phi) is 5.36. The summed E-state index contributed by atoms with van der Waals surface area (Å²) in [4.78, 5) is 43.8. The monoisotopic (exact) mass is 410 g/mol. The van der Waals surface area contributed by atoms with Gasteiger partial charge in [0.05, 0.1) is 16.7 Å². The zero-order valence-electron chi connectivity index (χ0n) is 13.5. The van der Waals surface area contributed by atoms with Gasteiger partial charge in [-0.3, -0.25) is 0 Å². The molecule has 28 heavy (non-hydrogen) atoms. The van der Waals surface area contributed by atoms with Crippen molar-refractivity contribution in [2.45, 2.75) is 4.90 Å². The van der Waals surface area contributed by atoms with Crippen LogP contribution in [0.1, 0.15) is 41.4 Å². The Labute approximate surface area is 156 Å². The molecule has 0 atom stereocenters. The van der Waals surface area contributed by atoms with Crippen LogP contribution in [0.4, 0.5) is 0 Å². The summed E-state index contributed by atoms with van der Waals surface area (Å²) >= 11 is 0. The van der Waals surface area contributed by atoms with Crippen molar-refractivity contribution in [1.82, 2.24) is 0 Å². The maximum absolute atomic E-state index is 12.6. The molecule has 0 aliphatic heterocycles. The third-order valence-corrected chi connectivity index (χ3v) is 4.72. The molecule has 2 aromatic carbocycles. The number of carbonyl (C=O) groups is 4. The molecule has 0 heterocycles. The highest BCUT2D eigenvalue weighted by molar-refractivity contribution is 7.87. The van der Waals surface area contributed by atoms with Gasteiger partial charge in [-0.05, 0) is 30.3 Å². The maximum atomic E-state index is 12.6. The van der Waals surface area contributed by atoms with Gasteiger partial charge in [0.25, 0.3) is 0 Å². The first kappa shape index (κ1) is 20.4. The number of carboxylic acid groups (broad SMARTS) is 4. The largest absolute Gasteiger partial charge is 0.478 e. The fourth-order valence-electron chi connectivity index (χ4n) is 2.20. The Morgan fingerprint density at radius 3 is 1.64 bits per heavy atom. The number of hydrogen-bond donors (Lipinski definition) is 4. The van der Waals surface area contributed by atoms with E-state index in [1.54, 1.807) is 0 Å². The van der Waals surface area contributed by atoms with Crippen LogP contribution in [-0.4, -0.2) is 52.7 Å². The topological polar surface area (TPSA) is 193 Å². The Bertz CT molecular complexity index is 1080. The number of carboxylic acids is 4. The van der Waals surface area contributed by atoms with Crippen LogP contribution in [-0.2, 0) is 10.1 Å². The number of rotatable bonds is 7. The zero-order chi connectivity index (χ0) is 21.2. The average molecular weight is 410 g/mol. The second kappa shape index (κ2) is 7.36. The van der Waals surface area contributed by atoms with Gasteiger partial charge in [-0.15, -0.1) is 0 Å². The second-order valence-electron chi connectivity index (χ2n) is 5.15. The minimum absolute atomic E-state index is 0.514. The number of hydrogen-bond acceptors (Lipinski definition) is 7. The smallest absolute Gasteiger partial charge is 0.340 e. The van der Waals surface area contributed by atoms with E-state index in [1.165, 1.54) is 0 Å². The van der Waals surface area contributed by atoms with Crippen molar-refractivity contribution < 1.29 is 52.2 Å². The van der Waals surface area contributed by atoms with Crippen LogP contribution in [0, 0.1) is 0 Å². The van der Waals surface area contributed by atoms with Crippen LogP contribution in [0.25, 0.3) is 0 Å². The van der Waals surface area contributed by atoms with E-state index < -0.39 is 66.9 Å². The zero-order valence-corrected chi connectivity index (χ0v) is 14.3. The van der Waals surface area contributed by atoms with E-state index in [2.05, 4.69) is 4.18 Å². The van der Waals surface area contributed by atoms with Crippen molar-refractivity contribution >= 4 is 34.0 Å². The van der Waals surface area contributed by atoms with Crippen LogP contribution in [0.5, 0.6) is 5.75 Å². The van der Waals surface area contributed by atoms with Crippen molar-refractivity contribution in [3.8, 4) is 5.75 Å². The van der Waals surface area contributed by atoms with E-state index in [0.717, 1.165) is 30.3 Å². The van der Waals surface area contributed by atoms with Crippen molar-refractivity contribution in [2.24, 2.45) is 0 Å². The molecule has 0 amide bonds. The molecule has 0 aliphatic rings. The van der Waals surface area contributed by atoms with Crippen molar-refractivity contribution in [3.05, 3.63) is 58.7 Å². The van der Waals surface area contributed by atoms with Gasteiger partial charge < -0.3 is 24.6 Å². The summed E-state index contributed by atoms with van der Waals surface area (Å²) in [7, 11) is -5.18. The Morgan fingerprint density at radius 1 is 0.714 bits per heavy atom. The second-order valence-corrected chi connectivity index (χ2v) is 6.63. The normalized spacial score (nSPS) is 10.9. The molecule has 4 N–H and O–H groups in total. The molecule has 0 saturated heterocycles. The van der Waals surface area contributed by atoms with Gasteiger partial charge in [-0.25, -0.2) is 19.2 Å². The lowest BCUT2D eigenvalue weighted by molar-refractivity contribution is 0.0674. The molecule has 2 aromatic rings. The molecular formula is C16H10O11S. The Morgan fingerprint density at radius 2 is 1.21 bits per heavy atom.